The number of nitrogens with zero attached hydrogens (tertiary/aromatic N) is 1. The Bertz CT molecular complexity index is 485. The Labute approximate surface area is 114 Å². The Morgan fingerprint density at radius 2 is 2.06 bits per heavy atom. The van der Waals surface area contributed by atoms with Gasteiger partial charge in [0, 0.05) is 28.1 Å². The second-order valence-corrected chi connectivity index (χ2v) is 4.70. The summed E-state index contributed by atoms with van der Waals surface area (Å²) in [6.07, 6.45) is 1.82. The van der Waals surface area contributed by atoms with E-state index in [9.17, 15) is 0 Å². The Kier molecular flexibility index (Phi) is 4.19. The van der Waals surface area contributed by atoms with E-state index in [1.165, 1.54) is 3.57 Å². The van der Waals surface area contributed by atoms with Gasteiger partial charge in [-0.15, -0.1) is 0 Å². The molecule has 1 aromatic carbocycles. The molecule has 2 aromatic rings. The van der Waals surface area contributed by atoms with Crippen molar-refractivity contribution in [1.82, 2.24) is 4.98 Å². The number of halogens is 1. The topological polar surface area (TPSA) is 34.1 Å². The van der Waals surface area contributed by atoms with E-state index in [2.05, 4.69) is 45.0 Å². The van der Waals surface area contributed by atoms with Gasteiger partial charge in [0.2, 0.25) is 5.88 Å². The lowest BCUT2D eigenvalue weighted by Crippen LogP contribution is -2.01. The minimum Gasteiger partial charge on any atom is -0.481 e. The lowest BCUT2D eigenvalue weighted by molar-refractivity contribution is 0.397. The maximum absolute atomic E-state index is 5.02. The molecule has 1 aromatic heterocycles. The Balaban J connectivity index is 2.00. The van der Waals surface area contributed by atoms with Crippen LogP contribution in [0.3, 0.4) is 0 Å². The van der Waals surface area contributed by atoms with Crippen molar-refractivity contribution in [2.24, 2.45) is 0 Å². The highest BCUT2D eigenvalue weighted by molar-refractivity contribution is 14.1. The van der Waals surface area contributed by atoms with Crippen LogP contribution >= 0.6 is 22.6 Å². The largest absolute Gasteiger partial charge is 0.481 e. The van der Waals surface area contributed by atoms with Crippen molar-refractivity contribution in [2.45, 2.75) is 6.54 Å². The second kappa shape index (κ2) is 5.86. The molecule has 0 bridgehead atoms. The maximum atomic E-state index is 5.02. The number of para-hydroxylation sites is 1. The summed E-state index contributed by atoms with van der Waals surface area (Å²) in [6, 6.07) is 12.1. The molecule has 2 rings (SSSR count). The predicted octanol–water partition coefficient (Wildman–Crippen LogP) is 3.31. The van der Waals surface area contributed by atoms with Gasteiger partial charge in [0.1, 0.15) is 0 Å². The summed E-state index contributed by atoms with van der Waals surface area (Å²) >= 11 is 2.32. The molecule has 0 aliphatic carbocycles. The molecule has 4 heteroatoms. The third kappa shape index (κ3) is 3.33. The Morgan fingerprint density at radius 3 is 2.71 bits per heavy atom. The van der Waals surface area contributed by atoms with Crippen LogP contribution in [0.5, 0.6) is 5.88 Å². The molecule has 0 aliphatic heterocycles. The maximum Gasteiger partial charge on any atom is 0.212 e. The quantitative estimate of drug-likeness (QED) is 0.868. The van der Waals surface area contributed by atoms with Crippen LogP contribution in [0.1, 0.15) is 5.56 Å². The van der Waals surface area contributed by atoms with Gasteiger partial charge < -0.3 is 10.1 Å². The second-order valence-electron chi connectivity index (χ2n) is 3.54. The third-order valence-corrected chi connectivity index (χ3v) is 3.30. The molecule has 88 valence electrons. The standard InChI is InChI=1S/C13H13IN2O/c1-17-13-7-6-10(9-16-13)8-15-12-5-3-2-4-11(12)14/h2-7,9,15H,8H2,1H3. The number of hydrogen-bond acceptors (Lipinski definition) is 3. The van der Waals surface area contributed by atoms with Crippen LogP contribution in [0.25, 0.3) is 0 Å². The molecule has 0 atom stereocenters. The zero-order valence-corrected chi connectivity index (χ0v) is 11.6. The van der Waals surface area contributed by atoms with E-state index in [1.807, 2.05) is 30.5 Å². The van der Waals surface area contributed by atoms with Crippen LogP contribution in [-0.4, -0.2) is 12.1 Å². The summed E-state index contributed by atoms with van der Waals surface area (Å²) in [5, 5.41) is 3.38. The van der Waals surface area contributed by atoms with Crippen LogP contribution in [0, 0.1) is 3.57 Å². The molecular formula is C13H13IN2O. The first-order chi connectivity index (χ1) is 8.29. The van der Waals surface area contributed by atoms with Crippen molar-refractivity contribution in [3.8, 4) is 5.88 Å². The van der Waals surface area contributed by atoms with E-state index in [0.29, 0.717) is 5.88 Å². The van der Waals surface area contributed by atoms with Crippen molar-refractivity contribution in [1.29, 1.82) is 0 Å². The molecule has 0 radical (unpaired) electrons. The van der Waals surface area contributed by atoms with Gasteiger partial charge in [0.25, 0.3) is 0 Å². The van der Waals surface area contributed by atoms with Crippen LogP contribution in [0.2, 0.25) is 0 Å². The molecule has 0 amide bonds. The van der Waals surface area contributed by atoms with Crippen molar-refractivity contribution in [2.75, 3.05) is 12.4 Å². The smallest absolute Gasteiger partial charge is 0.212 e. The SMILES string of the molecule is COc1ccc(CNc2ccccc2I)cn1. The number of pyridine rings is 1. The molecular weight excluding hydrogens is 327 g/mol. The molecule has 17 heavy (non-hydrogen) atoms. The highest BCUT2D eigenvalue weighted by Crippen LogP contribution is 2.18. The Hall–Kier alpha value is -1.30. The van der Waals surface area contributed by atoms with E-state index >= 15 is 0 Å². The average Bonchev–Trinajstić information content (AvgIpc) is 2.38. The zero-order chi connectivity index (χ0) is 12.1. The lowest BCUT2D eigenvalue weighted by atomic mass is 10.2. The summed E-state index contributed by atoms with van der Waals surface area (Å²) in [5.74, 6) is 0.642. The van der Waals surface area contributed by atoms with E-state index in [-0.39, 0.29) is 0 Å². The van der Waals surface area contributed by atoms with Gasteiger partial charge in [-0.1, -0.05) is 18.2 Å². The van der Waals surface area contributed by atoms with Gasteiger partial charge in [0.05, 0.1) is 7.11 Å². The fourth-order valence-corrected chi connectivity index (χ4v) is 2.02. The monoisotopic (exact) mass is 340 g/mol. The highest BCUT2D eigenvalue weighted by Gasteiger charge is 1.99. The normalized spacial score (nSPS) is 10.0. The van der Waals surface area contributed by atoms with Crippen molar-refractivity contribution in [3.63, 3.8) is 0 Å². The number of rotatable bonds is 4. The van der Waals surface area contributed by atoms with Gasteiger partial charge in [-0.3, -0.25) is 0 Å². The fraction of sp³-hybridized carbons (Fsp3) is 0.154. The first kappa shape index (κ1) is 12.2. The third-order valence-electron chi connectivity index (χ3n) is 2.36. The van der Waals surface area contributed by atoms with Gasteiger partial charge in [-0.05, 0) is 40.3 Å². The molecule has 0 unspecified atom stereocenters. The number of benzene rings is 1. The summed E-state index contributed by atoms with van der Waals surface area (Å²) in [6.45, 7) is 0.761. The van der Waals surface area contributed by atoms with E-state index in [0.717, 1.165) is 17.8 Å². The van der Waals surface area contributed by atoms with Crippen LogP contribution in [0.15, 0.2) is 42.6 Å². The van der Waals surface area contributed by atoms with Crippen molar-refractivity contribution in [3.05, 3.63) is 51.7 Å². The summed E-state index contributed by atoms with van der Waals surface area (Å²) in [4.78, 5) is 4.17. The predicted molar refractivity (Wildman–Crippen MR) is 77.3 cm³/mol. The number of ether oxygens (including phenoxy) is 1. The molecule has 0 saturated heterocycles. The Morgan fingerprint density at radius 1 is 1.24 bits per heavy atom. The molecule has 0 spiro atoms. The minimum absolute atomic E-state index is 0.642. The lowest BCUT2D eigenvalue weighted by Gasteiger charge is -2.08. The van der Waals surface area contributed by atoms with Gasteiger partial charge in [-0.25, -0.2) is 4.98 Å². The molecule has 0 fully saturated rings. The highest BCUT2D eigenvalue weighted by atomic mass is 127. The number of nitrogens with one attached hydrogen (secondary N) is 1. The minimum atomic E-state index is 0.642. The molecule has 3 nitrogen and oxygen atoms in total. The van der Waals surface area contributed by atoms with E-state index in [4.69, 9.17) is 4.74 Å². The van der Waals surface area contributed by atoms with Gasteiger partial charge in [0.15, 0.2) is 0 Å². The fourth-order valence-electron chi connectivity index (χ4n) is 1.44. The van der Waals surface area contributed by atoms with Crippen molar-refractivity contribution < 1.29 is 4.74 Å². The van der Waals surface area contributed by atoms with Crippen LogP contribution in [-0.2, 0) is 6.54 Å². The van der Waals surface area contributed by atoms with E-state index in [1.54, 1.807) is 7.11 Å². The van der Waals surface area contributed by atoms with Crippen LogP contribution < -0.4 is 10.1 Å². The first-order valence-electron chi connectivity index (χ1n) is 5.27. The molecule has 0 aliphatic rings. The van der Waals surface area contributed by atoms with E-state index < -0.39 is 0 Å². The van der Waals surface area contributed by atoms with Crippen molar-refractivity contribution >= 4 is 28.3 Å². The number of hydrogen-bond donors (Lipinski definition) is 1. The van der Waals surface area contributed by atoms with Crippen LogP contribution in [0.4, 0.5) is 5.69 Å². The summed E-state index contributed by atoms with van der Waals surface area (Å²) < 4.78 is 6.23. The molecule has 0 saturated carbocycles. The zero-order valence-electron chi connectivity index (χ0n) is 9.48. The van der Waals surface area contributed by atoms with Gasteiger partial charge >= 0.3 is 0 Å². The first-order valence-corrected chi connectivity index (χ1v) is 6.35. The number of methoxy groups -OCH3 is 1. The van der Waals surface area contributed by atoms with Gasteiger partial charge in [-0.2, -0.15) is 0 Å². The number of aromatic nitrogens is 1. The molecule has 1 heterocycles. The average molecular weight is 340 g/mol. The summed E-state index contributed by atoms with van der Waals surface area (Å²) in [5.41, 5.74) is 2.27. The summed E-state index contributed by atoms with van der Waals surface area (Å²) in [7, 11) is 1.62. The number of anilines is 1. The molecule has 1 N–H and O–H groups in total.